The fraction of sp³-hybridized carbons (Fsp3) is 0.692. The van der Waals surface area contributed by atoms with Crippen LogP contribution in [0.1, 0.15) is 31.4 Å². The van der Waals surface area contributed by atoms with Gasteiger partial charge in [0, 0.05) is 37.3 Å². The van der Waals surface area contributed by atoms with Crippen molar-refractivity contribution in [3.05, 3.63) is 18.2 Å². The summed E-state index contributed by atoms with van der Waals surface area (Å²) in [4.78, 5) is 16.2. The first-order chi connectivity index (χ1) is 8.66. The maximum absolute atomic E-state index is 12.1. The number of nitrogens with one attached hydrogen (secondary N) is 1. The van der Waals surface area contributed by atoms with Gasteiger partial charge in [-0.2, -0.15) is 0 Å². The highest BCUT2D eigenvalue weighted by Gasteiger charge is 2.35. The highest BCUT2D eigenvalue weighted by molar-refractivity contribution is 5.79. The second-order valence-corrected chi connectivity index (χ2v) is 5.56. The van der Waals surface area contributed by atoms with Crippen LogP contribution in [0.3, 0.4) is 0 Å². The molecular weight excluding hydrogens is 230 g/mol. The maximum Gasteiger partial charge on any atom is 0.223 e. The molecule has 1 atom stereocenters. The van der Waals surface area contributed by atoms with Crippen LogP contribution in [0.5, 0.6) is 0 Å². The molecule has 98 valence electrons. The third-order valence-electron chi connectivity index (χ3n) is 4.22. The standard InChI is InChI=1S/C13H19N3O2/c17-12(15-8-13(18)3-1-4-13)10-2-5-16-9-14-7-11(16)6-10/h7,9-10,18H,1-6,8H2,(H,15,17). The normalized spacial score (nSPS) is 25.1. The van der Waals surface area contributed by atoms with E-state index in [1.165, 1.54) is 0 Å². The number of carbonyl (C=O) groups is 1. The van der Waals surface area contributed by atoms with E-state index < -0.39 is 5.60 Å². The largest absolute Gasteiger partial charge is 0.388 e. The first kappa shape index (κ1) is 11.7. The van der Waals surface area contributed by atoms with Crippen LogP contribution in [0.25, 0.3) is 0 Å². The minimum absolute atomic E-state index is 0.0258. The summed E-state index contributed by atoms with van der Waals surface area (Å²) in [6.07, 6.45) is 7.95. The summed E-state index contributed by atoms with van der Waals surface area (Å²) < 4.78 is 2.10. The van der Waals surface area contributed by atoms with Gasteiger partial charge in [-0.3, -0.25) is 4.79 Å². The van der Waals surface area contributed by atoms with Gasteiger partial charge in [0.2, 0.25) is 5.91 Å². The number of aliphatic hydroxyl groups is 1. The summed E-state index contributed by atoms with van der Waals surface area (Å²) in [5.41, 5.74) is 0.496. The fourth-order valence-electron chi connectivity index (χ4n) is 2.75. The number of imidazole rings is 1. The van der Waals surface area contributed by atoms with E-state index >= 15 is 0 Å². The van der Waals surface area contributed by atoms with Gasteiger partial charge in [0.25, 0.3) is 0 Å². The number of rotatable bonds is 3. The van der Waals surface area contributed by atoms with Crippen molar-refractivity contribution in [2.45, 2.75) is 44.2 Å². The molecule has 1 fully saturated rings. The Bertz CT molecular complexity index is 451. The van der Waals surface area contributed by atoms with E-state index in [9.17, 15) is 9.90 Å². The molecule has 1 aliphatic carbocycles. The molecule has 1 aromatic heterocycles. The monoisotopic (exact) mass is 249 g/mol. The molecule has 1 aromatic rings. The van der Waals surface area contributed by atoms with Gasteiger partial charge in [-0.05, 0) is 25.7 Å². The third-order valence-corrected chi connectivity index (χ3v) is 4.22. The van der Waals surface area contributed by atoms with Gasteiger partial charge < -0.3 is 15.0 Å². The van der Waals surface area contributed by atoms with Gasteiger partial charge in [0.05, 0.1) is 11.9 Å². The predicted molar refractivity (Wildman–Crippen MR) is 65.8 cm³/mol. The van der Waals surface area contributed by atoms with E-state index in [4.69, 9.17) is 0 Å². The summed E-state index contributed by atoms with van der Waals surface area (Å²) in [6, 6.07) is 0. The van der Waals surface area contributed by atoms with Crippen molar-refractivity contribution >= 4 is 5.91 Å². The summed E-state index contributed by atoms with van der Waals surface area (Å²) in [7, 11) is 0. The number of carbonyl (C=O) groups excluding carboxylic acids is 1. The minimum Gasteiger partial charge on any atom is -0.388 e. The van der Waals surface area contributed by atoms with Gasteiger partial charge in [-0.15, -0.1) is 0 Å². The van der Waals surface area contributed by atoms with Gasteiger partial charge in [0.1, 0.15) is 0 Å². The van der Waals surface area contributed by atoms with E-state index in [1.807, 2.05) is 12.5 Å². The molecule has 2 N–H and O–H groups in total. The molecule has 0 saturated heterocycles. The average molecular weight is 249 g/mol. The van der Waals surface area contributed by atoms with Crippen LogP contribution in [-0.4, -0.2) is 32.7 Å². The Labute approximate surface area is 106 Å². The van der Waals surface area contributed by atoms with Gasteiger partial charge in [-0.1, -0.05) is 0 Å². The molecule has 1 amide bonds. The van der Waals surface area contributed by atoms with Crippen LogP contribution in [0, 0.1) is 5.92 Å². The lowest BCUT2D eigenvalue weighted by atomic mass is 9.80. The molecule has 0 spiro atoms. The topological polar surface area (TPSA) is 67.2 Å². The Balaban J connectivity index is 1.54. The molecule has 18 heavy (non-hydrogen) atoms. The Hall–Kier alpha value is -1.36. The van der Waals surface area contributed by atoms with Crippen molar-refractivity contribution in [1.29, 1.82) is 0 Å². The number of fused-ring (bicyclic) bond motifs is 1. The summed E-state index contributed by atoms with van der Waals surface area (Å²) in [5.74, 6) is 0.0978. The SMILES string of the molecule is O=C(NCC1(O)CCC1)C1CCn2cncc2C1. The van der Waals surface area contributed by atoms with Crippen LogP contribution >= 0.6 is 0 Å². The van der Waals surface area contributed by atoms with Crippen LogP contribution in [0.15, 0.2) is 12.5 Å². The van der Waals surface area contributed by atoms with Crippen molar-refractivity contribution < 1.29 is 9.90 Å². The van der Waals surface area contributed by atoms with Crippen LogP contribution in [0.4, 0.5) is 0 Å². The molecule has 1 saturated carbocycles. The van der Waals surface area contributed by atoms with Crippen molar-refractivity contribution in [1.82, 2.24) is 14.9 Å². The molecular formula is C13H19N3O2. The molecule has 1 aliphatic heterocycles. The van der Waals surface area contributed by atoms with Crippen molar-refractivity contribution in [3.8, 4) is 0 Å². The second-order valence-electron chi connectivity index (χ2n) is 5.56. The van der Waals surface area contributed by atoms with Gasteiger partial charge in [-0.25, -0.2) is 4.98 Å². The number of hydrogen-bond acceptors (Lipinski definition) is 3. The zero-order valence-corrected chi connectivity index (χ0v) is 10.4. The Morgan fingerprint density at radius 1 is 1.61 bits per heavy atom. The zero-order valence-electron chi connectivity index (χ0n) is 10.4. The van der Waals surface area contributed by atoms with E-state index in [1.54, 1.807) is 0 Å². The Morgan fingerprint density at radius 2 is 2.44 bits per heavy atom. The molecule has 2 aliphatic rings. The molecule has 5 nitrogen and oxygen atoms in total. The Morgan fingerprint density at radius 3 is 3.17 bits per heavy atom. The summed E-state index contributed by atoms with van der Waals surface area (Å²) >= 11 is 0. The minimum atomic E-state index is -0.633. The van der Waals surface area contributed by atoms with E-state index in [0.717, 1.165) is 44.3 Å². The molecule has 1 unspecified atom stereocenters. The third kappa shape index (κ3) is 2.14. The molecule has 0 radical (unpaired) electrons. The van der Waals surface area contributed by atoms with Crippen molar-refractivity contribution in [3.63, 3.8) is 0 Å². The van der Waals surface area contributed by atoms with Gasteiger partial charge in [0.15, 0.2) is 0 Å². The molecule has 3 rings (SSSR count). The quantitative estimate of drug-likeness (QED) is 0.818. The number of nitrogens with zero attached hydrogens (tertiary/aromatic N) is 2. The second kappa shape index (κ2) is 4.39. The van der Waals surface area contributed by atoms with E-state index in [0.29, 0.717) is 6.54 Å². The molecule has 2 heterocycles. The maximum atomic E-state index is 12.1. The lowest BCUT2D eigenvalue weighted by Gasteiger charge is -2.37. The Kier molecular flexibility index (Phi) is 2.86. The molecule has 5 heteroatoms. The summed E-state index contributed by atoms with van der Waals surface area (Å²) in [6.45, 7) is 1.26. The van der Waals surface area contributed by atoms with Crippen LogP contribution < -0.4 is 5.32 Å². The average Bonchev–Trinajstić information content (AvgIpc) is 2.80. The predicted octanol–water partition coefficient (Wildman–Crippen LogP) is 0.477. The number of hydrogen-bond donors (Lipinski definition) is 2. The van der Waals surface area contributed by atoms with E-state index in [2.05, 4.69) is 14.9 Å². The highest BCUT2D eigenvalue weighted by atomic mass is 16.3. The lowest BCUT2D eigenvalue weighted by molar-refractivity contribution is -0.128. The van der Waals surface area contributed by atoms with Crippen LogP contribution in [0.2, 0.25) is 0 Å². The highest BCUT2D eigenvalue weighted by Crippen LogP contribution is 2.30. The smallest absolute Gasteiger partial charge is 0.223 e. The fourth-order valence-corrected chi connectivity index (χ4v) is 2.75. The number of aromatic nitrogens is 2. The van der Waals surface area contributed by atoms with E-state index in [-0.39, 0.29) is 11.8 Å². The molecule has 0 bridgehead atoms. The van der Waals surface area contributed by atoms with Crippen LogP contribution in [-0.2, 0) is 17.8 Å². The number of aryl methyl sites for hydroxylation is 1. The molecule has 0 aromatic carbocycles. The van der Waals surface area contributed by atoms with Crippen molar-refractivity contribution in [2.24, 2.45) is 5.92 Å². The zero-order chi connectivity index (χ0) is 12.6. The first-order valence-corrected chi connectivity index (χ1v) is 6.65. The number of amides is 1. The first-order valence-electron chi connectivity index (χ1n) is 6.65. The van der Waals surface area contributed by atoms with Gasteiger partial charge >= 0.3 is 0 Å². The van der Waals surface area contributed by atoms with Crippen molar-refractivity contribution in [2.75, 3.05) is 6.54 Å². The summed E-state index contributed by atoms with van der Waals surface area (Å²) in [5, 5.41) is 12.9. The lowest BCUT2D eigenvalue weighted by Crippen LogP contribution is -2.49.